The van der Waals surface area contributed by atoms with Crippen LogP contribution < -0.4 is 10.1 Å². The number of ether oxygens (including phenoxy) is 1. The molecule has 0 aliphatic carbocycles. The molecule has 0 atom stereocenters. The average molecular weight is 449 g/mol. The predicted molar refractivity (Wildman–Crippen MR) is 113 cm³/mol. The number of rotatable bonds is 7. The highest BCUT2D eigenvalue weighted by Crippen LogP contribution is 2.29. The van der Waals surface area contributed by atoms with Gasteiger partial charge in [0.25, 0.3) is 0 Å². The summed E-state index contributed by atoms with van der Waals surface area (Å²) in [6, 6.07) is 17.8. The molecule has 0 saturated carbocycles. The molecule has 0 aliphatic heterocycles. The van der Waals surface area contributed by atoms with Crippen molar-refractivity contribution in [2.24, 2.45) is 0 Å². The molecule has 30 heavy (non-hydrogen) atoms. The number of likely N-dealkylation sites (N-methyl/N-ethyl adjacent to an activating group) is 1. The van der Waals surface area contributed by atoms with E-state index in [1.807, 2.05) is 0 Å². The lowest BCUT2D eigenvalue weighted by atomic mass is 10.2. The quantitative estimate of drug-likeness (QED) is 0.576. The van der Waals surface area contributed by atoms with Crippen molar-refractivity contribution < 1.29 is 22.3 Å². The highest BCUT2D eigenvalue weighted by atomic mass is 35.5. The molecule has 0 bridgehead atoms. The zero-order valence-corrected chi connectivity index (χ0v) is 17.5. The number of carbonyl (C=O) groups excluding carboxylic acids is 1. The van der Waals surface area contributed by atoms with Gasteiger partial charge in [0.2, 0.25) is 15.9 Å². The molecule has 0 aromatic heterocycles. The van der Waals surface area contributed by atoms with Crippen LogP contribution >= 0.6 is 11.6 Å². The first-order valence-corrected chi connectivity index (χ1v) is 10.6. The van der Waals surface area contributed by atoms with E-state index in [-0.39, 0.29) is 10.6 Å². The first kappa shape index (κ1) is 21.8. The van der Waals surface area contributed by atoms with Crippen molar-refractivity contribution in [2.45, 2.75) is 4.90 Å². The van der Waals surface area contributed by atoms with Crippen LogP contribution in [-0.2, 0) is 14.8 Å². The van der Waals surface area contributed by atoms with E-state index in [0.29, 0.717) is 16.5 Å². The third-order valence-corrected chi connectivity index (χ3v) is 6.14. The van der Waals surface area contributed by atoms with E-state index < -0.39 is 28.3 Å². The van der Waals surface area contributed by atoms with Gasteiger partial charge in [-0.3, -0.25) is 4.79 Å². The zero-order valence-electron chi connectivity index (χ0n) is 15.9. The first-order valence-electron chi connectivity index (χ1n) is 8.80. The minimum atomic E-state index is -3.87. The van der Waals surface area contributed by atoms with E-state index in [1.54, 1.807) is 30.3 Å². The van der Waals surface area contributed by atoms with E-state index >= 15 is 0 Å². The molecule has 6 nitrogen and oxygen atoms in total. The number of hydrogen-bond donors (Lipinski definition) is 1. The lowest BCUT2D eigenvalue weighted by Crippen LogP contribution is -2.35. The largest absolute Gasteiger partial charge is 0.455 e. The number of para-hydroxylation sites is 2. The third kappa shape index (κ3) is 5.35. The van der Waals surface area contributed by atoms with Crippen LogP contribution in [0.25, 0.3) is 0 Å². The standard InChI is InChI=1S/C21H18ClFN2O4S/c1-25(30(27,28)18-11-9-15(22)10-12-18)14-21(26)24-19-7-2-3-8-20(19)29-17-6-4-5-16(23)13-17/h2-13H,14H2,1H3,(H,24,26). The second-order valence-electron chi connectivity index (χ2n) is 6.32. The molecule has 0 radical (unpaired) electrons. The van der Waals surface area contributed by atoms with Crippen molar-refractivity contribution >= 4 is 33.2 Å². The van der Waals surface area contributed by atoms with Crippen LogP contribution in [0.3, 0.4) is 0 Å². The molecule has 0 aliphatic rings. The summed E-state index contributed by atoms with van der Waals surface area (Å²) < 4.78 is 45.2. The smallest absolute Gasteiger partial charge is 0.243 e. The minimum Gasteiger partial charge on any atom is -0.455 e. The van der Waals surface area contributed by atoms with Crippen LogP contribution in [0, 0.1) is 5.82 Å². The van der Waals surface area contributed by atoms with Gasteiger partial charge in [0.15, 0.2) is 5.75 Å². The topological polar surface area (TPSA) is 75.7 Å². The van der Waals surface area contributed by atoms with Gasteiger partial charge in [-0.15, -0.1) is 0 Å². The summed E-state index contributed by atoms with van der Waals surface area (Å²) in [5.41, 5.74) is 0.323. The highest BCUT2D eigenvalue weighted by molar-refractivity contribution is 7.89. The zero-order chi connectivity index (χ0) is 21.7. The highest BCUT2D eigenvalue weighted by Gasteiger charge is 2.23. The van der Waals surface area contributed by atoms with Gasteiger partial charge >= 0.3 is 0 Å². The van der Waals surface area contributed by atoms with Crippen LogP contribution in [0.4, 0.5) is 10.1 Å². The second kappa shape index (κ2) is 9.25. The van der Waals surface area contributed by atoms with Gasteiger partial charge in [-0.05, 0) is 48.5 Å². The maximum Gasteiger partial charge on any atom is 0.243 e. The molecule has 3 aromatic rings. The van der Waals surface area contributed by atoms with E-state index in [2.05, 4.69) is 5.32 Å². The van der Waals surface area contributed by atoms with Crippen LogP contribution in [-0.4, -0.2) is 32.2 Å². The molecule has 156 valence electrons. The summed E-state index contributed by atoms with van der Waals surface area (Å²) >= 11 is 5.79. The summed E-state index contributed by atoms with van der Waals surface area (Å²) in [7, 11) is -2.56. The maximum atomic E-state index is 13.4. The molecule has 3 rings (SSSR count). The molecule has 9 heteroatoms. The van der Waals surface area contributed by atoms with Gasteiger partial charge in [-0.2, -0.15) is 4.31 Å². The Balaban J connectivity index is 1.71. The van der Waals surface area contributed by atoms with Gasteiger partial charge < -0.3 is 10.1 Å². The summed E-state index contributed by atoms with van der Waals surface area (Å²) in [4.78, 5) is 12.5. The SMILES string of the molecule is CN(CC(=O)Nc1ccccc1Oc1cccc(F)c1)S(=O)(=O)c1ccc(Cl)cc1. The minimum absolute atomic E-state index is 0.0250. The van der Waals surface area contributed by atoms with Gasteiger partial charge in [0.1, 0.15) is 11.6 Å². The fraction of sp³-hybridized carbons (Fsp3) is 0.0952. The summed E-state index contributed by atoms with van der Waals surface area (Å²) in [5.74, 6) is -0.466. The van der Waals surface area contributed by atoms with Crippen molar-refractivity contribution in [1.82, 2.24) is 4.31 Å². The Hall–Kier alpha value is -2.94. The monoisotopic (exact) mass is 448 g/mol. The molecule has 3 aromatic carbocycles. The number of sulfonamides is 1. The molecule has 0 heterocycles. The van der Waals surface area contributed by atoms with Crippen molar-refractivity contribution in [3.8, 4) is 11.5 Å². The molecular formula is C21H18ClFN2O4S. The summed E-state index contributed by atoms with van der Waals surface area (Å²) in [6.45, 7) is -0.417. The molecule has 0 fully saturated rings. The number of amides is 1. The Labute approximate surface area is 178 Å². The molecule has 0 spiro atoms. The Bertz CT molecular complexity index is 1150. The number of halogens is 2. The first-order chi connectivity index (χ1) is 14.3. The number of hydrogen-bond acceptors (Lipinski definition) is 4. The Morgan fingerprint density at radius 3 is 2.47 bits per heavy atom. The van der Waals surface area contributed by atoms with Crippen molar-refractivity contribution in [1.29, 1.82) is 0 Å². The van der Waals surface area contributed by atoms with Crippen LogP contribution in [0.5, 0.6) is 11.5 Å². The van der Waals surface area contributed by atoms with Gasteiger partial charge in [-0.1, -0.05) is 29.8 Å². The lowest BCUT2D eigenvalue weighted by molar-refractivity contribution is -0.116. The fourth-order valence-electron chi connectivity index (χ4n) is 2.58. The summed E-state index contributed by atoms with van der Waals surface area (Å²) in [6.07, 6.45) is 0. The number of anilines is 1. The van der Waals surface area contributed by atoms with E-state index in [4.69, 9.17) is 16.3 Å². The Morgan fingerprint density at radius 2 is 1.77 bits per heavy atom. The Kier molecular flexibility index (Phi) is 6.71. The molecular weight excluding hydrogens is 431 g/mol. The van der Waals surface area contributed by atoms with Crippen molar-refractivity contribution in [3.63, 3.8) is 0 Å². The van der Waals surface area contributed by atoms with E-state index in [1.165, 1.54) is 49.5 Å². The lowest BCUT2D eigenvalue weighted by Gasteiger charge is -2.18. The predicted octanol–water partition coefficient (Wildman–Crippen LogP) is 4.53. The van der Waals surface area contributed by atoms with Crippen molar-refractivity contribution in [3.05, 3.63) is 83.6 Å². The number of benzene rings is 3. The van der Waals surface area contributed by atoms with Crippen molar-refractivity contribution in [2.75, 3.05) is 18.9 Å². The maximum absolute atomic E-state index is 13.4. The fourth-order valence-corrected chi connectivity index (χ4v) is 3.83. The number of nitrogens with one attached hydrogen (secondary N) is 1. The molecule has 0 unspecified atom stereocenters. The molecule has 1 N–H and O–H groups in total. The number of carbonyl (C=O) groups is 1. The molecule has 0 saturated heterocycles. The Morgan fingerprint density at radius 1 is 1.07 bits per heavy atom. The van der Waals surface area contributed by atoms with Gasteiger partial charge in [0.05, 0.1) is 17.1 Å². The van der Waals surface area contributed by atoms with Crippen LogP contribution in [0.15, 0.2) is 77.7 Å². The third-order valence-electron chi connectivity index (χ3n) is 4.07. The second-order valence-corrected chi connectivity index (χ2v) is 8.80. The van der Waals surface area contributed by atoms with Gasteiger partial charge in [-0.25, -0.2) is 12.8 Å². The van der Waals surface area contributed by atoms with Gasteiger partial charge in [0, 0.05) is 18.1 Å². The molecule has 1 amide bonds. The van der Waals surface area contributed by atoms with E-state index in [9.17, 15) is 17.6 Å². The van der Waals surface area contributed by atoms with Crippen LogP contribution in [0.1, 0.15) is 0 Å². The normalized spacial score (nSPS) is 11.3. The number of nitrogens with zero attached hydrogens (tertiary/aromatic N) is 1. The van der Waals surface area contributed by atoms with Crippen LogP contribution in [0.2, 0.25) is 5.02 Å². The average Bonchev–Trinajstić information content (AvgIpc) is 2.70. The summed E-state index contributed by atoms with van der Waals surface area (Å²) in [5, 5.41) is 3.03. The van der Waals surface area contributed by atoms with E-state index in [0.717, 1.165) is 4.31 Å².